The van der Waals surface area contributed by atoms with Gasteiger partial charge in [0.05, 0.1) is 5.56 Å². The number of benzene rings is 1. The van der Waals surface area contributed by atoms with Crippen molar-refractivity contribution in [3.8, 4) is 5.75 Å². The Labute approximate surface area is 205 Å². The fourth-order valence-corrected chi connectivity index (χ4v) is 3.82. The van der Waals surface area contributed by atoms with E-state index in [0.717, 1.165) is 39.8 Å². The summed E-state index contributed by atoms with van der Waals surface area (Å²) in [6.45, 7) is 3.99. The highest BCUT2D eigenvalue weighted by Crippen LogP contribution is 2.34. The van der Waals surface area contributed by atoms with Crippen LogP contribution in [0.2, 0.25) is 0 Å². The van der Waals surface area contributed by atoms with Crippen molar-refractivity contribution in [1.82, 2.24) is 0 Å². The summed E-state index contributed by atoms with van der Waals surface area (Å²) in [4.78, 5) is 71.9. The topological polar surface area (TPSA) is 158 Å². The summed E-state index contributed by atoms with van der Waals surface area (Å²) < 4.78 is 32.8. The molecule has 0 radical (unpaired) electrons. The molecule has 0 N–H and O–H groups in total. The first-order chi connectivity index (χ1) is 17.0. The Kier molecular flexibility index (Phi) is 8.20. The molecule has 36 heavy (non-hydrogen) atoms. The van der Waals surface area contributed by atoms with Gasteiger partial charge in [0, 0.05) is 33.3 Å². The van der Waals surface area contributed by atoms with Crippen LogP contribution in [0.15, 0.2) is 30.4 Å². The van der Waals surface area contributed by atoms with Gasteiger partial charge in [-0.2, -0.15) is 0 Å². The second kappa shape index (κ2) is 11.1. The number of hydrogen-bond donors (Lipinski definition) is 0. The van der Waals surface area contributed by atoms with Gasteiger partial charge in [-0.3, -0.25) is 28.8 Å². The highest BCUT2D eigenvalue weighted by Gasteiger charge is 2.53. The Morgan fingerprint density at radius 1 is 0.778 bits per heavy atom. The molecule has 0 amide bonds. The van der Waals surface area contributed by atoms with Gasteiger partial charge in [-0.1, -0.05) is 12.1 Å². The van der Waals surface area contributed by atoms with Crippen molar-refractivity contribution in [1.29, 1.82) is 0 Å². The van der Waals surface area contributed by atoms with Gasteiger partial charge in [-0.05, 0) is 18.2 Å². The van der Waals surface area contributed by atoms with E-state index >= 15 is 0 Å². The Hall–Kier alpha value is -4.06. The summed E-state index contributed by atoms with van der Waals surface area (Å²) in [5, 5.41) is 0. The summed E-state index contributed by atoms with van der Waals surface area (Å²) >= 11 is 0. The van der Waals surface area contributed by atoms with Crippen molar-refractivity contribution in [2.75, 3.05) is 6.61 Å². The van der Waals surface area contributed by atoms with Gasteiger partial charge in [-0.15, -0.1) is 0 Å². The predicted molar refractivity (Wildman–Crippen MR) is 117 cm³/mol. The second-order valence-corrected chi connectivity index (χ2v) is 7.93. The predicted octanol–water partition coefficient (Wildman–Crippen LogP) is 1.08. The van der Waals surface area contributed by atoms with Crippen LogP contribution in [-0.4, -0.2) is 72.8 Å². The van der Waals surface area contributed by atoms with Crippen molar-refractivity contribution in [3.05, 3.63) is 41.5 Å². The summed E-state index contributed by atoms with van der Waals surface area (Å²) in [6, 6.07) is 4.32. The Bertz CT molecular complexity index is 1120. The van der Waals surface area contributed by atoms with Crippen LogP contribution in [-0.2, 0) is 42.9 Å². The summed E-state index contributed by atoms with van der Waals surface area (Å²) in [6.07, 6.45) is -4.82. The molecule has 0 aromatic heterocycles. The minimum absolute atomic E-state index is 0.0437. The van der Waals surface area contributed by atoms with Crippen molar-refractivity contribution in [2.45, 2.75) is 58.4 Å². The van der Waals surface area contributed by atoms with Crippen LogP contribution in [0.25, 0.3) is 0 Å². The Balaban J connectivity index is 2.06. The molecule has 0 bridgehead atoms. The molecule has 0 spiro atoms. The van der Waals surface area contributed by atoms with Crippen molar-refractivity contribution in [2.24, 2.45) is 0 Å². The zero-order valence-electron chi connectivity index (χ0n) is 19.9. The van der Waals surface area contributed by atoms with Gasteiger partial charge in [0.15, 0.2) is 23.8 Å². The third kappa shape index (κ3) is 6.13. The number of carbonyl (C=O) groups is 6. The molecule has 1 aliphatic carbocycles. The summed E-state index contributed by atoms with van der Waals surface area (Å²) in [7, 11) is 0. The van der Waals surface area contributed by atoms with Crippen molar-refractivity contribution in [3.63, 3.8) is 0 Å². The van der Waals surface area contributed by atoms with Crippen LogP contribution < -0.4 is 4.74 Å². The zero-order chi connectivity index (χ0) is 26.6. The minimum Gasteiger partial charge on any atom is -0.463 e. The minimum atomic E-state index is -1.54. The van der Waals surface area contributed by atoms with E-state index in [9.17, 15) is 28.8 Å². The lowest BCUT2D eigenvalue weighted by Gasteiger charge is -2.44. The third-order valence-electron chi connectivity index (χ3n) is 5.12. The number of ketones is 2. The molecular weight excluding hydrogens is 480 g/mol. The smallest absolute Gasteiger partial charge is 0.303 e. The van der Waals surface area contributed by atoms with Crippen LogP contribution >= 0.6 is 0 Å². The largest absolute Gasteiger partial charge is 0.463 e. The van der Waals surface area contributed by atoms with Crippen LogP contribution in [0.5, 0.6) is 5.75 Å². The fraction of sp³-hybridized carbons (Fsp3) is 0.417. The average Bonchev–Trinajstić information content (AvgIpc) is 2.78. The first kappa shape index (κ1) is 26.5. The lowest BCUT2D eigenvalue weighted by Crippen LogP contribution is -2.63. The standard InChI is InChI=1S/C24H24O12/c1-11(25)31-10-19-21(32-12(2)26)22(33-13(3)27)23(34-14(4)28)24(36-19)35-18-7-5-6-15-16(29)8-9-17(30)20(15)18/h5-9,19,21-24H,10H2,1-4H3. The van der Waals surface area contributed by atoms with Crippen LogP contribution in [0.1, 0.15) is 48.4 Å². The fourth-order valence-electron chi connectivity index (χ4n) is 3.82. The highest BCUT2D eigenvalue weighted by atomic mass is 16.7. The molecule has 1 aliphatic heterocycles. The van der Waals surface area contributed by atoms with Gasteiger partial charge in [0.25, 0.3) is 0 Å². The molecule has 1 saturated heterocycles. The number of carbonyl (C=O) groups excluding carboxylic acids is 6. The molecule has 3 rings (SSSR count). The van der Waals surface area contributed by atoms with E-state index in [4.69, 9.17) is 28.4 Å². The van der Waals surface area contributed by atoms with Gasteiger partial charge in [-0.25, -0.2) is 0 Å². The number of ether oxygens (including phenoxy) is 6. The maximum absolute atomic E-state index is 12.5. The Morgan fingerprint density at radius 2 is 1.36 bits per heavy atom. The Morgan fingerprint density at radius 3 is 1.97 bits per heavy atom. The van der Waals surface area contributed by atoms with Crippen LogP contribution in [0.3, 0.4) is 0 Å². The van der Waals surface area contributed by atoms with E-state index in [1.165, 1.54) is 18.2 Å². The van der Waals surface area contributed by atoms with E-state index in [0.29, 0.717) is 0 Å². The van der Waals surface area contributed by atoms with Gasteiger partial charge in [0.1, 0.15) is 18.5 Å². The van der Waals surface area contributed by atoms with Crippen molar-refractivity contribution < 1.29 is 57.2 Å². The molecule has 1 heterocycles. The molecular formula is C24H24O12. The molecule has 12 heteroatoms. The third-order valence-corrected chi connectivity index (χ3v) is 5.12. The first-order valence-electron chi connectivity index (χ1n) is 10.8. The molecule has 2 aliphatic rings. The number of allylic oxidation sites excluding steroid dienone is 2. The SMILES string of the molecule is CC(=O)OCC1OC(Oc2cccc3c2C(=O)C=CC3=O)C(OC(C)=O)C(OC(C)=O)C1OC(C)=O. The molecule has 5 unspecified atom stereocenters. The molecule has 5 atom stereocenters. The maximum Gasteiger partial charge on any atom is 0.303 e. The molecule has 192 valence electrons. The number of esters is 4. The summed E-state index contributed by atoms with van der Waals surface area (Å²) in [5.41, 5.74) is 0.0449. The zero-order valence-corrected chi connectivity index (χ0v) is 19.9. The normalized spacial score (nSPS) is 24.8. The van der Waals surface area contributed by atoms with E-state index in [2.05, 4.69) is 0 Å². The quantitative estimate of drug-likeness (QED) is 0.385. The molecule has 0 saturated carbocycles. The molecule has 12 nitrogen and oxygen atoms in total. The average molecular weight is 504 g/mol. The van der Waals surface area contributed by atoms with Crippen LogP contribution in [0, 0.1) is 0 Å². The van der Waals surface area contributed by atoms with E-state index in [1.54, 1.807) is 0 Å². The van der Waals surface area contributed by atoms with E-state index < -0.39 is 72.8 Å². The first-order valence-corrected chi connectivity index (χ1v) is 10.8. The van der Waals surface area contributed by atoms with Crippen LogP contribution in [0.4, 0.5) is 0 Å². The number of rotatable bonds is 7. The molecule has 1 aromatic rings. The summed E-state index contributed by atoms with van der Waals surface area (Å²) in [5.74, 6) is -4.05. The highest BCUT2D eigenvalue weighted by molar-refractivity contribution is 6.23. The monoisotopic (exact) mass is 504 g/mol. The van der Waals surface area contributed by atoms with Gasteiger partial charge >= 0.3 is 23.9 Å². The lowest BCUT2D eigenvalue weighted by atomic mass is 9.94. The van der Waals surface area contributed by atoms with Crippen molar-refractivity contribution >= 4 is 35.4 Å². The second-order valence-electron chi connectivity index (χ2n) is 7.93. The van der Waals surface area contributed by atoms with Gasteiger partial charge < -0.3 is 28.4 Å². The lowest BCUT2D eigenvalue weighted by molar-refractivity contribution is -0.288. The molecule has 1 aromatic carbocycles. The number of fused-ring (bicyclic) bond motifs is 1. The molecule has 1 fully saturated rings. The van der Waals surface area contributed by atoms with Gasteiger partial charge in [0.2, 0.25) is 12.4 Å². The number of hydrogen-bond acceptors (Lipinski definition) is 12. The van der Waals surface area contributed by atoms with E-state index in [1.807, 2.05) is 0 Å². The van der Waals surface area contributed by atoms with E-state index in [-0.39, 0.29) is 16.9 Å². The maximum atomic E-state index is 12.5.